The summed E-state index contributed by atoms with van der Waals surface area (Å²) in [5, 5.41) is 4.30. The smallest absolute Gasteiger partial charge is 0.239 e. The summed E-state index contributed by atoms with van der Waals surface area (Å²) in [6, 6.07) is 10.2. The number of nitrogens with zero attached hydrogens (tertiary/aromatic N) is 3. The SMILES string of the molecule is C[C@@H](N)C(=O)N1CCC(n2nccc2NS(=O)(=O)Cc2ccccc2)CC1. The van der Waals surface area contributed by atoms with Crippen molar-refractivity contribution in [3.63, 3.8) is 0 Å². The average molecular weight is 391 g/mol. The van der Waals surface area contributed by atoms with Gasteiger partial charge in [0.15, 0.2) is 0 Å². The van der Waals surface area contributed by atoms with Gasteiger partial charge in [0.1, 0.15) is 5.82 Å². The lowest BCUT2D eigenvalue weighted by Gasteiger charge is -2.33. The first-order valence-corrected chi connectivity index (χ1v) is 10.6. The summed E-state index contributed by atoms with van der Waals surface area (Å²) < 4.78 is 29.3. The molecule has 0 bridgehead atoms. The van der Waals surface area contributed by atoms with E-state index >= 15 is 0 Å². The molecule has 0 spiro atoms. The molecule has 1 aliphatic heterocycles. The number of nitrogens with one attached hydrogen (secondary N) is 1. The highest BCUT2D eigenvalue weighted by Gasteiger charge is 2.27. The third-order valence-electron chi connectivity index (χ3n) is 4.64. The molecule has 3 N–H and O–H groups in total. The number of benzene rings is 1. The molecule has 2 aromatic rings. The second kappa shape index (κ2) is 8.10. The Morgan fingerprint density at radius 2 is 1.93 bits per heavy atom. The van der Waals surface area contributed by atoms with Crippen LogP contribution in [0.1, 0.15) is 31.4 Å². The monoisotopic (exact) mass is 391 g/mol. The molecule has 1 amide bonds. The lowest BCUT2D eigenvalue weighted by atomic mass is 10.0. The Hall–Kier alpha value is -2.39. The van der Waals surface area contributed by atoms with Crippen molar-refractivity contribution in [1.82, 2.24) is 14.7 Å². The van der Waals surface area contributed by atoms with Crippen molar-refractivity contribution in [2.45, 2.75) is 37.6 Å². The van der Waals surface area contributed by atoms with Gasteiger partial charge in [-0.05, 0) is 25.3 Å². The van der Waals surface area contributed by atoms with E-state index in [0.29, 0.717) is 31.7 Å². The molecule has 1 fully saturated rings. The van der Waals surface area contributed by atoms with Crippen LogP contribution in [-0.4, -0.2) is 48.1 Å². The Bertz CT molecular complexity index is 871. The number of rotatable bonds is 6. The average Bonchev–Trinajstić information content (AvgIpc) is 3.08. The Morgan fingerprint density at radius 1 is 1.26 bits per heavy atom. The number of hydrogen-bond acceptors (Lipinski definition) is 5. The van der Waals surface area contributed by atoms with Gasteiger partial charge in [0.25, 0.3) is 0 Å². The molecule has 0 saturated carbocycles. The summed E-state index contributed by atoms with van der Waals surface area (Å²) in [5.74, 6) is 0.293. The van der Waals surface area contributed by atoms with Crippen molar-refractivity contribution in [1.29, 1.82) is 0 Å². The molecule has 0 aliphatic carbocycles. The van der Waals surface area contributed by atoms with Gasteiger partial charge in [-0.1, -0.05) is 30.3 Å². The molecule has 1 aromatic heterocycles. The maximum absolute atomic E-state index is 12.5. The maximum atomic E-state index is 12.5. The zero-order valence-corrected chi connectivity index (χ0v) is 16.1. The molecule has 27 heavy (non-hydrogen) atoms. The summed E-state index contributed by atoms with van der Waals surface area (Å²) in [6.07, 6.45) is 2.99. The first-order valence-electron chi connectivity index (χ1n) is 8.98. The van der Waals surface area contributed by atoms with Crippen LogP contribution in [0, 0.1) is 0 Å². The lowest BCUT2D eigenvalue weighted by Crippen LogP contribution is -2.46. The van der Waals surface area contributed by atoms with E-state index in [4.69, 9.17) is 5.73 Å². The quantitative estimate of drug-likeness (QED) is 0.772. The van der Waals surface area contributed by atoms with Crippen molar-refractivity contribution in [3.05, 3.63) is 48.2 Å². The number of nitrogens with two attached hydrogens (primary N) is 1. The second-order valence-corrected chi connectivity index (χ2v) is 8.58. The minimum Gasteiger partial charge on any atom is -0.341 e. The van der Waals surface area contributed by atoms with Gasteiger partial charge in [-0.25, -0.2) is 13.1 Å². The third-order valence-corrected chi connectivity index (χ3v) is 5.87. The molecule has 1 aliphatic rings. The fraction of sp³-hybridized carbons (Fsp3) is 0.444. The van der Waals surface area contributed by atoms with Crippen molar-refractivity contribution >= 4 is 21.7 Å². The van der Waals surface area contributed by atoms with Crippen LogP contribution in [-0.2, 0) is 20.6 Å². The van der Waals surface area contributed by atoms with Crippen molar-refractivity contribution in [2.75, 3.05) is 17.8 Å². The van der Waals surface area contributed by atoms with Gasteiger partial charge in [-0.2, -0.15) is 5.10 Å². The van der Waals surface area contributed by atoms with E-state index in [1.54, 1.807) is 40.9 Å². The molecular weight excluding hydrogens is 366 g/mol. The molecule has 1 saturated heterocycles. The Balaban J connectivity index is 1.65. The number of carbonyl (C=O) groups excluding carboxylic acids is 1. The molecule has 0 unspecified atom stereocenters. The molecule has 1 atom stereocenters. The molecule has 146 valence electrons. The lowest BCUT2D eigenvalue weighted by molar-refractivity contribution is -0.133. The first-order chi connectivity index (χ1) is 12.9. The molecule has 2 heterocycles. The van der Waals surface area contributed by atoms with E-state index in [9.17, 15) is 13.2 Å². The van der Waals surface area contributed by atoms with Crippen molar-refractivity contribution in [2.24, 2.45) is 5.73 Å². The van der Waals surface area contributed by atoms with Crippen LogP contribution in [0.2, 0.25) is 0 Å². The number of carbonyl (C=O) groups is 1. The van der Waals surface area contributed by atoms with Gasteiger partial charge in [0.2, 0.25) is 15.9 Å². The van der Waals surface area contributed by atoms with Crippen LogP contribution >= 0.6 is 0 Å². The maximum Gasteiger partial charge on any atom is 0.239 e. The highest BCUT2D eigenvalue weighted by molar-refractivity contribution is 7.91. The summed E-state index contributed by atoms with van der Waals surface area (Å²) in [5.41, 5.74) is 6.39. The Labute approximate surface area is 159 Å². The fourth-order valence-electron chi connectivity index (χ4n) is 3.29. The first kappa shape index (κ1) is 19.4. The topological polar surface area (TPSA) is 110 Å². The number of anilines is 1. The molecule has 8 nitrogen and oxygen atoms in total. The zero-order valence-electron chi connectivity index (χ0n) is 15.3. The highest BCUT2D eigenvalue weighted by atomic mass is 32.2. The predicted octanol–water partition coefficient (Wildman–Crippen LogP) is 1.34. The molecule has 1 aromatic carbocycles. The van der Waals surface area contributed by atoms with Crippen molar-refractivity contribution < 1.29 is 13.2 Å². The van der Waals surface area contributed by atoms with E-state index in [2.05, 4.69) is 9.82 Å². The minimum atomic E-state index is -3.55. The number of aromatic nitrogens is 2. The number of likely N-dealkylation sites (tertiary alicyclic amines) is 1. The Morgan fingerprint density at radius 3 is 2.56 bits per heavy atom. The van der Waals surface area contributed by atoms with E-state index < -0.39 is 16.1 Å². The number of amides is 1. The van der Waals surface area contributed by atoms with Crippen LogP contribution < -0.4 is 10.5 Å². The van der Waals surface area contributed by atoms with Crippen LogP contribution in [0.5, 0.6) is 0 Å². The Kier molecular flexibility index (Phi) is 5.81. The largest absolute Gasteiger partial charge is 0.341 e. The number of piperidine rings is 1. The van der Waals surface area contributed by atoms with Gasteiger partial charge < -0.3 is 10.6 Å². The summed E-state index contributed by atoms with van der Waals surface area (Å²) in [7, 11) is -3.55. The van der Waals surface area contributed by atoms with Crippen LogP contribution in [0.3, 0.4) is 0 Å². The van der Waals surface area contributed by atoms with Gasteiger partial charge in [0, 0.05) is 19.2 Å². The number of sulfonamides is 1. The van der Waals surface area contributed by atoms with E-state index in [0.717, 1.165) is 5.56 Å². The molecular formula is C18H25N5O3S. The van der Waals surface area contributed by atoms with Crippen LogP contribution in [0.25, 0.3) is 0 Å². The highest BCUT2D eigenvalue weighted by Crippen LogP contribution is 2.26. The van der Waals surface area contributed by atoms with Gasteiger partial charge in [0.05, 0.1) is 24.0 Å². The third kappa shape index (κ3) is 4.86. The summed E-state index contributed by atoms with van der Waals surface area (Å²) in [4.78, 5) is 13.8. The molecule has 0 radical (unpaired) electrons. The van der Waals surface area contributed by atoms with E-state index in [1.807, 2.05) is 18.2 Å². The van der Waals surface area contributed by atoms with E-state index in [1.165, 1.54) is 0 Å². The van der Waals surface area contributed by atoms with Gasteiger partial charge in [-0.15, -0.1) is 0 Å². The standard InChI is InChI=1S/C18H25N5O3S/c1-14(19)18(24)22-11-8-16(9-12-22)23-17(7-10-20-23)21-27(25,26)13-15-5-3-2-4-6-15/h2-7,10,14,16,21H,8-9,11-13,19H2,1H3/t14-/m1/s1. The number of hydrogen-bond donors (Lipinski definition) is 2. The molecule has 3 rings (SSSR count). The van der Waals surface area contributed by atoms with Crippen molar-refractivity contribution in [3.8, 4) is 0 Å². The van der Waals surface area contributed by atoms with Gasteiger partial charge >= 0.3 is 0 Å². The van der Waals surface area contributed by atoms with Crippen LogP contribution in [0.15, 0.2) is 42.6 Å². The zero-order chi connectivity index (χ0) is 19.4. The minimum absolute atomic E-state index is 0.0338. The van der Waals surface area contributed by atoms with Crippen LogP contribution in [0.4, 0.5) is 5.82 Å². The van der Waals surface area contributed by atoms with E-state index in [-0.39, 0.29) is 17.7 Å². The second-order valence-electron chi connectivity index (χ2n) is 6.85. The fourth-order valence-corrected chi connectivity index (χ4v) is 4.48. The molecule has 9 heteroatoms. The summed E-state index contributed by atoms with van der Waals surface area (Å²) >= 11 is 0. The summed E-state index contributed by atoms with van der Waals surface area (Å²) in [6.45, 7) is 2.85. The predicted molar refractivity (Wildman–Crippen MR) is 103 cm³/mol. The normalized spacial score (nSPS) is 16.9. The van der Waals surface area contributed by atoms with Gasteiger partial charge in [-0.3, -0.25) is 9.52 Å².